The van der Waals surface area contributed by atoms with E-state index in [0.717, 1.165) is 32.1 Å². The molecule has 21 heavy (non-hydrogen) atoms. The third-order valence-electron chi connectivity index (χ3n) is 4.81. The zero-order chi connectivity index (χ0) is 15.5. The SMILES string of the molecule is CSC1CCC(NC(=O)NC2(C(=O)O)CCCC(C)C2)C1. The predicted molar refractivity (Wildman–Crippen MR) is 84.6 cm³/mol. The third kappa shape index (κ3) is 4.05. The van der Waals surface area contributed by atoms with E-state index in [1.54, 1.807) is 0 Å². The van der Waals surface area contributed by atoms with Crippen LogP contribution in [0.2, 0.25) is 0 Å². The van der Waals surface area contributed by atoms with E-state index in [2.05, 4.69) is 23.8 Å². The Kier molecular flexibility index (Phi) is 5.41. The molecule has 0 aromatic rings. The zero-order valence-electron chi connectivity index (χ0n) is 12.9. The molecule has 4 atom stereocenters. The third-order valence-corrected chi connectivity index (χ3v) is 5.91. The second-order valence-electron chi connectivity index (χ2n) is 6.55. The summed E-state index contributed by atoms with van der Waals surface area (Å²) in [5, 5.41) is 15.9. The number of hydrogen-bond acceptors (Lipinski definition) is 3. The van der Waals surface area contributed by atoms with Gasteiger partial charge in [-0.3, -0.25) is 0 Å². The van der Waals surface area contributed by atoms with Gasteiger partial charge in [0.25, 0.3) is 0 Å². The lowest BCUT2D eigenvalue weighted by Crippen LogP contribution is -2.59. The van der Waals surface area contributed by atoms with Gasteiger partial charge < -0.3 is 15.7 Å². The first-order chi connectivity index (χ1) is 9.95. The van der Waals surface area contributed by atoms with Gasteiger partial charge in [-0.05, 0) is 44.3 Å². The van der Waals surface area contributed by atoms with Gasteiger partial charge in [0.1, 0.15) is 5.54 Å². The molecule has 0 saturated heterocycles. The number of hydrogen-bond donors (Lipinski definition) is 3. The minimum absolute atomic E-state index is 0.175. The molecule has 0 aromatic carbocycles. The molecule has 2 saturated carbocycles. The van der Waals surface area contributed by atoms with Crippen LogP contribution in [0.25, 0.3) is 0 Å². The molecule has 0 spiro atoms. The Labute approximate surface area is 130 Å². The molecular formula is C15H26N2O3S. The van der Waals surface area contributed by atoms with Gasteiger partial charge in [-0.15, -0.1) is 0 Å². The number of carbonyl (C=O) groups is 2. The van der Waals surface area contributed by atoms with E-state index in [1.807, 2.05) is 11.8 Å². The van der Waals surface area contributed by atoms with Crippen LogP contribution in [0.4, 0.5) is 4.79 Å². The summed E-state index contributed by atoms with van der Waals surface area (Å²) in [4.78, 5) is 23.8. The van der Waals surface area contributed by atoms with Crippen LogP contribution in [0.3, 0.4) is 0 Å². The molecule has 6 heteroatoms. The number of thioether (sulfide) groups is 1. The van der Waals surface area contributed by atoms with Gasteiger partial charge in [0.2, 0.25) is 0 Å². The van der Waals surface area contributed by atoms with E-state index in [4.69, 9.17) is 0 Å². The first kappa shape index (κ1) is 16.5. The Hall–Kier alpha value is -0.910. The molecule has 2 rings (SSSR count). The fraction of sp³-hybridized carbons (Fsp3) is 0.867. The highest BCUT2D eigenvalue weighted by Crippen LogP contribution is 2.33. The molecule has 4 unspecified atom stereocenters. The highest BCUT2D eigenvalue weighted by atomic mass is 32.2. The van der Waals surface area contributed by atoms with Gasteiger partial charge in [-0.1, -0.05) is 19.8 Å². The topological polar surface area (TPSA) is 78.4 Å². The monoisotopic (exact) mass is 314 g/mol. The van der Waals surface area contributed by atoms with Crippen molar-refractivity contribution in [3.8, 4) is 0 Å². The minimum Gasteiger partial charge on any atom is -0.480 e. The van der Waals surface area contributed by atoms with E-state index >= 15 is 0 Å². The van der Waals surface area contributed by atoms with E-state index in [-0.39, 0.29) is 12.1 Å². The van der Waals surface area contributed by atoms with Gasteiger partial charge in [-0.25, -0.2) is 9.59 Å². The van der Waals surface area contributed by atoms with Crippen molar-refractivity contribution < 1.29 is 14.7 Å². The Morgan fingerprint density at radius 3 is 2.62 bits per heavy atom. The maximum absolute atomic E-state index is 12.2. The van der Waals surface area contributed by atoms with Crippen molar-refractivity contribution in [3.63, 3.8) is 0 Å². The molecule has 2 fully saturated rings. The van der Waals surface area contributed by atoms with E-state index in [0.29, 0.717) is 24.0 Å². The maximum atomic E-state index is 12.2. The van der Waals surface area contributed by atoms with Gasteiger partial charge in [0.15, 0.2) is 0 Å². The van der Waals surface area contributed by atoms with Gasteiger partial charge >= 0.3 is 12.0 Å². The Balaban J connectivity index is 1.91. The lowest BCUT2D eigenvalue weighted by molar-refractivity contribution is -0.146. The predicted octanol–water partition coefficient (Wildman–Crippen LogP) is 2.60. The van der Waals surface area contributed by atoms with Gasteiger partial charge in [0, 0.05) is 11.3 Å². The first-order valence-electron chi connectivity index (χ1n) is 7.80. The molecule has 0 aromatic heterocycles. The van der Waals surface area contributed by atoms with Crippen LogP contribution in [0.5, 0.6) is 0 Å². The fourth-order valence-corrected chi connectivity index (χ4v) is 4.43. The molecule has 0 heterocycles. The van der Waals surface area contributed by atoms with Crippen LogP contribution in [0, 0.1) is 5.92 Å². The lowest BCUT2D eigenvalue weighted by atomic mass is 9.76. The summed E-state index contributed by atoms with van der Waals surface area (Å²) in [6.07, 6.45) is 8.11. The molecule has 0 bridgehead atoms. The average molecular weight is 314 g/mol. The molecule has 0 radical (unpaired) electrons. The number of carboxylic acid groups (broad SMARTS) is 1. The zero-order valence-corrected chi connectivity index (χ0v) is 13.7. The van der Waals surface area contributed by atoms with Gasteiger partial charge in [-0.2, -0.15) is 11.8 Å². The normalized spacial score (nSPS) is 36.2. The molecule has 2 aliphatic carbocycles. The average Bonchev–Trinajstić information content (AvgIpc) is 2.86. The molecule has 2 aliphatic rings. The Morgan fingerprint density at radius 2 is 2.05 bits per heavy atom. The maximum Gasteiger partial charge on any atom is 0.329 e. The molecule has 2 amide bonds. The van der Waals surface area contributed by atoms with Crippen LogP contribution in [-0.4, -0.2) is 40.2 Å². The van der Waals surface area contributed by atoms with Crippen LogP contribution >= 0.6 is 11.8 Å². The Bertz CT molecular complexity index is 404. The minimum atomic E-state index is -1.08. The highest BCUT2D eigenvalue weighted by Gasteiger charge is 2.43. The molecule has 3 N–H and O–H groups in total. The summed E-state index contributed by atoms with van der Waals surface area (Å²) in [6.45, 7) is 2.05. The fourth-order valence-electron chi connectivity index (χ4n) is 3.64. The molecular weight excluding hydrogens is 288 g/mol. The lowest BCUT2D eigenvalue weighted by Gasteiger charge is -2.37. The summed E-state index contributed by atoms with van der Waals surface area (Å²) in [5.41, 5.74) is -1.08. The molecule has 120 valence electrons. The number of carboxylic acids is 1. The van der Waals surface area contributed by atoms with Gasteiger partial charge in [0.05, 0.1) is 0 Å². The number of amides is 2. The highest BCUT2D eigenvalue weighted by molar-refractivity contribution is 7.99. The van der Waals surface area contributed by atoms with E-state index in [1.165, 1.54) is 0 Å². The van der Waals surface area contributed by atoms with E-state index in [9.17, 15) is 14.7 Å². The van der Waals surface area contributed by atoms with Crippen molar-refractivity contribution in [2.45, 2.75) is 68.7 Å². The molecule has 5 nitrogen and oxygen atoms in total. The van der Waals surface area contributed by atoms with Crippen molar-refractivity contribution in [1.29, 1.82) is 0 Å². The number of rotatable bonds is 4. The number of carbonyl (C=O) groups excluding carboxylic acids is 1. The van der Waals surface area contributed by atoms with Crippen molar-refractivity contribution in [2.75, 3.05) is 6.26 Å². The smallest absolute Gasteiger partial charge is 0.329 e. The number of nitrogens with one attached hydrogen (secondary N) is 2. The second kappa shape index (κ2) is 6.90. The Morgan fingerprint density at radius 1 is 1.29 bits per heavy atom. The summed E-state index contributed by atoms with van der Waals surface area (Å²) >= 11 is 1.84. The van der Waals surface area contributed by atoms with Crippen LogP contribution in [0.15, 0.2) is 0 Å². The van der Waals surface area contributed by atoms with Crippen LogP contribution in [-0.2, 0) is 4.79 Å². The summed E-state index contributed by atoms with van der Waals surface area (Å²) in [6, 6.07) is -0.146. The standard InChI is InChI=1S/C15H26N2O3S/c1-10-4-3-7-15(9-10,13(18)19)17-14(20)16-11-5-6-12(8-11)21-2/h10-12H,3-9H2,1-2H3,(H,18,19)(H2,16,17,20). The molecule has 0 aliphatic heterocycles. The quantitative estimate of drug-likeness (QED) is 0.745. The largest absolute Gasteiger partial charge is 0.480 e. The number of aliphatic carboxylic acids is 1. The summed E-state index contributed by atoms with van der Waals surface area (Å²) in [7, 11) is 0. The second-order valence-corrected chi connectivity index (χ2v) is 7.69. The van der Waals surface area contributed by atoms with Crippen molar-refractivity contribution >= 4 is 23.8 Å². The summed E-state index contributed by atoms with van der Waals surface area (Å²) in [5.74, 6) is -0.569. The van der Waals surface area contributed by atoms with Crippen molar-refractivity contribution in [3.05, 3.63) is 0 Å². The van der Waals surface area contributed by atoms with Crippen molar-refractivity contribution in [2.24, 2.45) is 5.92 Å². The van der Waals surface area contributed by atoms with Crippen LogP contribution < -0.4 is 10.6 Å². The van der Waals surface area contributed by atoms with E-state index < -0.39 is 11.5 Å². The van der Waals surface area contributed by atoms with Crippen molar-refractivity contribution in [1.82, 2.24) is 10.6 Å². The number of urea groups is 1. The van der Waals surface area contributed by atoms with Crippen LogP contribution in [0.1, 0.15) is 51.9 Å². The first-order valence-corrected chi connectivity index (χ1v) is 9.09. The summed E-state index contributed by atoms with van der Waals surface area (Å²) < 4.78 is 0.